The Morgan fingerprint density at radius 1 is 0.571 bits per heavy atom. The molecule has 1 heteroatoms. The summed E-state index contributed by atoms with van der Waals surface area (Å²) in [7, 11) is 0. The first-order valence-electron chi connectivity index (χ1n) is 7.33. The summed E-state index contributed by atoms with van der Waals surface area (Å²) in [5, 5.41) is 0. The Hall–Kier alpha value is -2.38. The van der Waals surface area contributed by atoms with Crippen LogP contribution in [0.1, 0.15) is 5.56 Å². The molecule has 0 heterocycles. The lowest BCUT2D eigenvalue weighted by atomic mass is 9.91. The van der Waals surface area contributed by atoms with Crippen molar-refractivity contribution in [2.45, 2.75) is 6.42 Å². The molecule has 0 aromatic heterocycles. The topological polar surface area (TPSA) is 26.0 Å². The van der Waals surface area contributed by atoms with E-state index >= 15 is 0 Å². The molecule has 0 fully saturated rings. The second-order valence-corrected chi connectivity index (χ2v) is 5.11. The van der Waals surface area contributed by atoms with Crippen LogP contribution in [-0.4, -0.2) is 6.54 Å². The summed E-state index contributed by atoms with van der Waals surface area (Å²) in [5.74, 6) is 0. The van der Waals surface area contributed by atoms with Gasteiger partial charge in [-0.15, -0.1) is 0 Å². The lowest BCUT2D eigenvalue weighted by Crippen LogP contribution is -2.04. The van der Waals surface area contributed by atoms with E-state index in [-0.39, 0.29) is 0 Å². The number of hydrogen-bond donors (Lipinski definition) is 1. The van der Waals surface area contributed by atoms with Crippen LogP contribution in [0.3, 0.4) is 0 Å². The number of benzene rings is 3. The van der Waals surface area contributed by atoms with Gasteiger partial charge in [0.15, 0.2) is 0 Å². The minimum absolute atomic E-state index is 0.671. The van der Waals surface area contributed by atoms with Crippen molar-refractivity contribution in [2.75, 3.05) is 6.54 Å². The minimum atomic E-state index is 0.671. The van der Waals surface area contributed by atoms with Gasteiger partial charge in [0, 0.05) is 0 Å². The molecule has 21 heavy (non-hydrogen) atoms. The molecule has 0 saturated carbocycles. The fraction of sp³-hybridized carbons (Fsp3) is 0.100. The van der Waals surface area contributed by atoms with Crippen molar-refractivity contribution in [1.29, 1.82) is 0 Å². The van der Waals surface area contributed by atoms with E-state index in [4.69, 9.17) is 5.73 Å². The summed E-state index contributed by atoms with van der Waals surface area (Å²) in [6, 6.07) is 27.6. The first-order valence-corrected chi connectivity index (χ1v) is 7.33. The van der Waals surface area contributed by atoms with Gasteiger partial charge in [0.2, 0.25) is 0 Å². The maximum absolute atomic E-state index is 5.76. The molecule has 0 bridgehead atoms. The van der Waals surface area contributed by atoms with Crippen LogP contribution in [0.15, 0.2) is 78.9 Å². The van der Waals surface area contributed by atoms with Crippen LogP contribution >= 0.6 is 0 Å². The van der Waals surface area contributed by atoms with E-state index in [1.165, 1.54) is 27.8 Å². The Balaban J connectivity index is 2.16. The van der Waals surface area contributed by atoms with Crippen molar-refractivity contribution < 1.29 is 0 Å². The molecule has 0 amide bonds. The van der Waals surface area contributed by atoms with Gasteiger partial charge in [0.25, 0.3) is 0 Å². The Labute approximate surface area is 126 Å². The molecule has 2 N–H and O–H groups in total. The van der Waals surface area contributed by atoms with Crippen molar-refractivity contribution in [3.05, 3.63) is 84.4 Å². The van der Waals surface area contributed by atoms with Gasteiger partial charge in [-0.3, -0.25) is 0 Å². The van der Waals surface area contributed by atoms with E-state index in [9.17, 15) is 0 Å². The van der Waals surface area contributed by atoms with Crippen LogP contribution in [0, 0.1) is 0 Å². The van der Waals surface area contributed by atoms with Crippen molar-refractivity contribution in [3.63, 3.8) is 0 Å². The largest absolute Gasteiger partial charge is 0.330 e. The van der Waals surface area contributed by atoms with Gasteiger partial charge in [0.1, 0.15) is 0 Å². The first kappa shape index (κ1) is 13.6. The predicted molar refractivity (Wildman–Crippen MR) is 90.1 cm³/mol. The summed E-state index contributed by atoms with van der Waals surface area (Å²) in [4.78, 5) is 0. The molecular formula is C20H19N. The maximum Gasteiger partial charge on any atom is -0.00365 e. The van der Waals surface area contributed by atoms with Gasteiger partial charge in [-0.05, 0) is 40.8 Å². The van der Waals surface area contributed by atoms with Crippen molar-refractivity contribution in [3.8, 4) is 22.3 Å². The molecule has 0 aliphatic heterocycles. The standard InChI is InChI=1S/C20H19N/c21-15-14-17-10-4-5-11-19(17)20-13-7-6-12-18(20)16-8-2-1-3-9-16/h1-13H,14-15,21H2. The third-order valence-electron chi connectivity index (χ3n) is 3.73. The monoisotopic (exact) mass is 273 g/mol. The highest BCUT2D eigenvalue weighted by molar-refractivity contribution is 5.84. The lowest BCUT2D eigenvalue weighted by Gasteiger charge is -2.14. The van der Waals surface area contributed by atoms with E-state index < -0.39 is 0 Å². The molecule has 0 atom stereocenters. The lowest BCUT2D eigenvalue weighted by molar-refractivity contribution is 0.971. The molecule has 3 aromatic rings. The molecule has 1 nitrogen and oxygen atoms in total. The summed E-state index contributed by atoms with van der Waals surface area (Å²) < 4.78 is 0. The van der Waals surface area contributed by atoms with E-state index in [1.54, 1.807) is 0 Å². The summed E-state index contributed by atoms with van der Waals surface area (Å²) in [5.41, 5.74) is 12.1. The van der Waals surface area contributed by atoms with Crippen molar-refractivity contribution >= 4 is 0 Å². The van der Waals surface area contributed by atoms with Crippen LogP contribution in [-0.2, 0) is 6.42 Å². The van der Waals surface area contributed by atoms with Crippen LogP contribution in [0.25, 0.3) is 22.3 Å². The molecule has 3 aromatic carbocycles. The zero-order valence-electron chi connectivity index (χ0n) is 12.0. The zero-order valence-corrected chi connectivity index (χ0v) is 12.0. The molecule has 0 aliphatic rings. The van der Waals surface area contributed by atoms with Crippen LogP contribution in [0.5, 0.6) is 0 Å². The van der Waals surface area contributed by atoms with Gasteiger partial charge < -0.3 is 5.73 Å². The van der Waals surface area contributed by atoms with Crippen molar-refractivity contribution in [2.24, 2.45) is 5.73 Å². The second kappa shape index (κ2) is 6.38. The molecule has 0 radical (unpaired) electrons. The second-order valence-electron chi connectivity index (χ2n) is 5.11. The molecule has 0 saturated heterocycles. The third kappa shape index (κ3) is 2.88. The van der Waals surface area contributed by atoms with Crippen molar-refractivity contribution in [1.82, 2.24) is 0 Å². The highest BCUT2D eigenvalue weighted by atomic mass is 14.5. The Bertz CT molecular complexity index is 717. The van der Waals surface area contributed by atoms with E-state index in [0.717, 1.165) is 6.42 Å². The highest BCUT2D eigenvalue weighted by Crippen LogP contribution is 2.33. The van der Waals surface area contributed by atoms with Gasteiger partial charge in [-0.1, -0.05) is 78.9 Å². The minimum Gasteiger partial charge on any atom is -0.330 e. The number of nitrogens with two attached hydrogens (primary N) is 1. The van der Waals surface area contributed by atoms with Crippen LogP contribution < -0.4 is 5.73 Å². The van der Waals surface area contributed by atoms with Gasteiger partial charge >= 0.3 is 0 Å². The van der Waals surface area contributed by atoms with Gasteiger partial charge in [-0.25, -0.2) is 0 Å². The third-order valence-corrected chi connectivity index (χ3v) is 3.73. The quantitative estimate of drug-likeness (QED) is 0.743. The normalized spacial score (nSPS) is 10.5. The first-order chi connectivity index (χ1) is 10.4. The number of rotatable bonds is 4. The summed E-state index contributed by atoms with van der Waals surface area (Å²) in [6.45, 7) is 0.671. The molecule has 0 unspecified atom stereocenters. The Morgan fingerprint density at radius 2 is 1.14 bits per heavy atom. The highest BCUT2D eigenvalue weighted by Gasteiger charge is 2.09. The van der Waals surface area contributed by atoms with Crippen LogP contribution in [0.4, 0.5) is 0 Å². The summed E-state index contributed by atoms with van der Waals surface area (Å²) in [6.07, 6.45) is 0.902. The fourth-order valence-corrected chi connectivity index (χ4v) is 2.74. The predicted octanol–water partition coefficient (Wildman–Crippen LogP) is 4.52. The maximum atomic E-state index is 5.76. The number of hydrogen-bond acceptors (Lipinski definition) is 1. The molecule has 0 spiro atoms. The molecule has 104 valence electrons. The average molecular weight is 273 g/mol. The van der Waals surface area contributed by atoms with Gasteiger partial charge in [0.05, 0.1) is 0 Å². The Kier molecular flexibility index (Phi) is 4.13. The van der Waals surface area contributed by atoms with E-state index in [1.807, 2.05) is 0 Å². The fourth-order valence-electron chi connectivity index (χ4n) is 2.74. The summed E-state index contributed by atoms with van der Waals surface area (Å²) >= 11 is 0. The van der Waals surface area contributed by atoms with E-state index in [0.29, 0.717) is 6.54 Å². The van der Waals surface area contributed by atoms with Gasteiger partial charge in [-0.2, -0.15) is 0 Å². The zero-order chi connectivity index (χ0) is 14.5. The SMILES string of the molecule is NCCc1ccccc1-c1ccccc1-c1ccccc1. The van der Waals surface area contributed by atoms with E-state index in [2.05, 4.69) is 78.9 Å². The van der Waals surface area contributed by atoms with Crippen LogP contribution in [0.2, 0.25) is 0 Å². The molecule has 0 aliphatic carbocycles. The smallest absolute Gasteiger partial charge is 0.00365 e. The molecular weight excluding hydrogens is 254 g/mol. The average Bonchev–Trinajstić information content (AvgIpc) is 2.57. The molecule has 3 rings (SSSR count). The Morgan fingerprint density at radius 3 is 1.86 bits per heavy atom.